The number of nitrogens with zero attached hydrogens (tertiary/aromatic N) is 5. The number of amides is 1. The van der Waals surface area contributed by atoms with Gasteiger partial charge in [-0.15, -0.1) is 0 Å². The fraction of sp³-hybridized carbons (Fsp3) is 0.381. The lowest BCUT2D eigenvalue weighted by molar-refractivity contribution is -0.119. The number of allylic oxidation sites excluding steroid dienone is 2. The zero-order valence-electron chi connectivity index (χ0n) is 17.1. The SMILES string of the molecule is [N-]=[N+]=NCCCC[C@H](CN=O)NC(=O)C1=CNC2C(OCc3ccccc3)=CC=CN12. The summed E-state index contributed by atoms with van der Waals surface area (Å²) >= 11 is 0. The zero-order chi connectivity index (χ0) is 21.9. The normalized spacial score (nSPS) is 17.4. The second-order valence-corrected chi connectivity index (χ2v) is 7.12. The minimum Gasteiger partial charge on any atom is -0.489 e. The maximum Gasteiger partial charge on any atom is 0.269 e. The van der Waals surface area contributed by atoms with E-state index in [-0.39, 0.29) is 24.7 Å². The van der Waals surface area contributed by atoms with Crippen molar-refractivity contribution in [1.82, 2.24) is 15.5 Å². The molecule has 1 aromatic carbocycles. The average molecular weight is 423 g/mol. The maximum atomic E-state index is 12.8. The zero-order valence-corrected chi connectivity index (χ0v) is 17.1. The van der Waals surface area contributed by atoms with Crippen molar-refractivity contribution in [3.05, 3.63) is 87.3 Å². The molecule has 0 bridgehead atoms. The van der Waals surface area contributed by atoms with Gasteiger partial charge in [0.05, 0.1) is 6.04 Å². The summed E-state index contributed by atoms with van der Waals surface area (Å²) in [5, 5.41) is 12.5. The third kappa shape index (κ3) is 6.10. The lowest BCUT2D eigenvalue weighted by Gasteiger charge is -2.30. The molecule has 2 heterocycles. The van der Waals surface area contributed by atoms with E-state index in [1.165, 1.54) is 0 Å². The van der Waals surface area contributed by atoms with Crippen LogP contribution in [0, 0.1) is 4.91 Å². The first kappa shape index (κ1) is 21.9. The first-order valence-corrected chi connectivity index (χ1v) is 10.1. The van der Waals surface area contributed by atoms with Crippen LogP contribution in [0.25, 0.3) is 10.4 Å². The number of nitroso groups, excluding NO2 is 1. The van der Waals surface area contributed by atoms with Crippen LogP contribution in [0.1, 0.15) is 24.8 Å². The molecular weight excluding hydrogens is 398 g/mol. The van der Waals surface area contributed by atoms with Gasteiger partial charge in [0, 0.05) is 23.9 Å². The van der Waals surface area contributed by atoms with Gasteiger partial charge in [0.2, 0.25) is 0 Å². The van der Waals surface area contributed by atoms with E-state index in [0.29, 0.717) is 43.9 Å². The highest BCUT2D eigenvalue weighted by atomic mass is 16.5. The lowest BCUT2D eigenvalue weighted by atomic mass is 10.1. The molecule has 0 fully saturated rings. The molecule has 0 aliphatic carbocycles. The Hall–Kier alpha value is -3.78. The van der Waals surface area contributed by atoms with Gasteiger partial charge in [-0.1, -0.05) is 47.0 Å². The summed E-state index contributed by atoms with van der Waals surface area (Å²) in [6, 6.07) is 9.47. The van der Waals surface area contributed by atoms with E-state index in [9.17, 15) is 9.70 Å². The van der Waals surface area contributed by atoms with Crippen LogP contribution in [0.2, 0.25) is 0 Å². The smallest absolute Gasteiger partial charge is 0.269 e. The van der Waals surface area contributed by atoms with E-state index in [1.807, 2.05) is 42.5 Å². The topological polar surface area (TPSA) is 132 Å². The van der Waals surface area contributed by atoms with E-state index < -0.39 is 0 Å². The quantitative estimate of drug-likeness (QED) is 0.175. The number of benzene rings is 1. The number of fused-ring (bicyclic) bond motifs is 1. The second kappa shape index (κ2) is 11.4. The number of hydrogen-bond acceptors (Lipinski definition) is 7. The van der Waals surface area contributed by atoms with Gasteiger partial charge < -0.3 is 20.3 Å². The average Bonchev–Trinajstić information content (AvgIpc) is 3.23. The van der Waals surface area contributed by atoms with Crippen molar-refractivity contribution in [1.29, 1.82) is 0 Å². The van der Waals surface area contributed by atoms with Gasteiger partial charge in [-0.05, 0) is 36.1 Å². The molecule has 2 aliphatic rings. The van der Waals surface area contributed by atoms with Crippen molar-refractivity contribution in [2.75, 3.05) is 13.1 Å². The summed E-state index contributed by atoms with van der Waals surface area (Å²) in [6.07, 6.45) is 8.80. The molecule has 3 rings (SSSR count). The Balaban J connectivity index is 1.54. The van der Waals surface area contributed by atoms with E-state index >= 15 is 0 Å². The highest BCUT2D eigenvalue weighted by Crippen LogP contribution is 2.26. The number of carbonyl (C=O) groups excluding carboxylic acids is 1. The molecule has 0 spiro atoms. The van der Waals surface area contributed by atoms with Crippen molar-refractivity contribution >= 4 is 5.91 Å². The van der Waals surface area contributed by atoms with Crippen LogP contribution >= 0.6 is 0 Å². The van der Waals surface area contributed by atoms with Crippen molar-refractivity contribution in [3.8, 4) is 0 Å². The van der Waals surface area contributed by atoms with Gasteiger partial charge in [-0.25, -0.2) is 0 Å². The van der Waals surface area contributed by atoms with Crippen molar-refractivity contribution in [2.24, 2.45) is 10.3 Å². The van der Waals surface area contributed by atoms with E-state index in [4.69, 9.17) is 10.3 Å². The molecule has 1 amide bonds. The Labute approximate surface area is 180 Å². The van der Waals surface area contributed by atoms with Crippen molar-refractivity contribution < 1.29 is 9.53 Å². The third-order valence-corrected chi connectivity index (χ3v) is 4.95. The Kier molecular flexibility index (Phi) is 8.07. The van der Waals surface area contributed by atoms with Crippen LogP contribution in [0.15, 0.2) is 76.6 Å². The van der Waals surface area contributed by atoms with Crippen LogP contribution in [0.4, 0.5) is 0 Å². The Bertz CT molecular complexity index is 907. The lowest BCUT2D eigenvalue weighted by Crippen LogP contribution is -2.43. The molecule has 2 aliphatic heterocycles. The number of rotatable bonds is 12. The molecule has 31 heavy (non-hydrogen) atoms. The van der Waals surface area contributed by atoms with E-state index in [1.54, 1.807) is 17.3 Å². The summed E-state index contributed by atoms with van der Waals surface area (Å²) in [5.41, 5.74) is 9.80. The molecule has 2 N–H and O–H groups in total. The molecular formula is C21H25N7O3. The van der Waals surface area contributed by atoms with E-state index in [2.05, 4.69) is 25.8 Å². The standard InChI is InChI=1S/C21H25N7O3/c22-27-24-11-5-4-9-17(13-25-30)26-21(29)18-14-23-20-19(10-6-12-28(18)20)31-15-16-7-2-1-3-8-16/h1-3,6-8,10,12,14,17,20,23H,4-5,9,11,13,15H2,(H,26,29)/t17-,20?/m1/s1. The highest BCUT2D eigenvalue weighted by molar-refractivity contribution is 5.93. The summed E-state index contributed by atoms with van der Waals surface area (Å²) in [4.78, 5) is 28.1. The van der Waals surface area contributed by atoms with Crippen molar-refractivity contribution in [3.63, 3.8) is 0 Å². The molecule has 0 aromatic heterocycles. The Morgan fingerprint density at radius 1 is 1.32 bits per heavy atom. The molecule has 0 radical (unpaired) electrons. The molecule has 10 heteroatoms. The van der Waals surface area contributed by atoms with Crippen LogP contribution in [-0.2, 0) is 16.1 Å². The van der Waals surface area contributed by atoms with E-state index in [0.717, 1.165) is 5.56 Å². The Morgan fingerprint density at radius 3 is 2.94 bits per heavy atom. The van der Waals surface area contributed by atoms with Crippen molar-refractivity contribution in [2.45, 2.75) is 38.1 Å². The fourth-order valence-corrected chi connectivity index (χ4v) is 3.39. The first-order chi connectivity index (χ1) is 15.2. The number of azide groups is 1. The Morgan fingerprint density at radius 2 is 2.16 bits per heavy atom. The highest BCUT2D eigenvalue weighted by Gasteiger charge is 2.34. The van der Waals surface area contributed by atoms with Crippen LogP contribution < -0.4 is 10.6 Å². The fourth-order valence-electron chi connectivity index (χ4n) is 3.39. The van der Waals surface area contributed by atoms with Crippen LogP contribution in [0.5, 0.6) is 0 Å². The number of nitrogens with one attached hydrogen (secondary N) is 2. The summed E-state index contributed by atoms with van der Waals surface area (Å²) in [6.45, 7) is 0.800. The van der Waals surface area contributed by atoms with Gasteiger partial charge in [-0.2, -0.15) is 4.91 Å². The van der Waals surface area contributed by atoms with Gasteiger partial charge in [0.15, 0.2) is 6.17 Å². The maximum absolute atomic E-state index is 12.8. The summed E-state index contributed by atoms with van der Waals surface area (Å²) < 4.78 is 5.97. The van der Waals surface area contributed by atoms with Gasteiger partial charge in [-0.3, -0.25) is 4.79 Å². The predicted molar refractivity (Wildman–Crippen MR) is 116 cm³/mol. The summed E-state index contributed by atoms with van der Waals surface area (Å²) in [5.74, 6) is 0.405. The molecule has 1 aromatic rings. The van der Waals surface area contributed by atoms with Crippen LogP contribution in [0.3, 0.4) is 0 Å². The summed E-state index contributed by atoms with van der Waals surface area (Å²) in [7, 11) is 0. The molecule has 1 unspecified atom stereocenters. The largest absolute Gasteiger partial charge is 0.489 e. The first-order valence-electron chi connectivity index (χ1n) is 10.1. The number of ether oxygens (including phenoxy) is 1. The number of unbranched alkanes of at least 4 members (excludes halogenated alkanes) is 1. The number of carbonyl (C=O) groups is 1. The molecule has 162 valence electrons. The molecule has 10 nitrogen and oxygen atoms in total. The minimum atomic E-state index is -0.380. The van der Waals surface area contributed by atoms with Gasteiger partial charge in [0.25, 0.3) is 5.91 Å². The minimum absolute atomic E-state index is 0.0153. The third-order valence-electron chi connectivity index (χ3n) is 4.95. The van der Waals surface area contributed by atoms with Crippen LogP contribution in [-0.4, -0.2) is 36.1 Å². The second-order valence-electron chi connectivity index (χ2n) is 7.12. The monoisotopic (exact) mass is 423 g/mol. The van der Waals surface area contributed by atoms with Gasteiger partial charge in [0.1, 0.15) is 24.6 Å². The molecule has 0 saturated heterocycles. The molecule has 2 atom stereocenters. The number of hydrogen-bond donors (Lipinski definition) is 2. The molecule has 0 saturated carbocycles. The predicted octanol–water partition coefficient (Wildman–Crippen LogP) is 3.42. The van der Waals surface area contributed by atoms with Gasteiger partial charge >= 0.3 is 0 Å².